The van der Waals surface area contributed by atoms with E-state index >= 15 is 0 Å². The van der Waals surface area contributed by atoms with Crippen LogP contribution < -0.4 is 9.64 Å². The number of hydrogen-bond donors (Lipinski definition) is 1. The van der Waals surface area contributed by atoms with E-state index < -0.39 is 6.10 Å². The molecule has 0 aromatic heterocycles. The number of ether oxygens (including phenoxy) is 1. The number of carbonyl (C=O) groups is 1. The van der Waals surface area contributed by atoms with E-state index in [0.717, 1.165) is 5.56 Å². The lowest BCUT2D eigenvalue weighted by Gasteiger charge is -2.37. The molecule has 1 saturated heterocycles. The molecule has 1 fully saturated rings. The molecule has 2 aromatic carbocycles. The molecule has 1 aliphatic heterocycles. The van der Waals surface area contributed by atoms with Gasteiger partial charge in [-0.3, -0.25) is 4.79 Å². The lowest BCUT2D eigenvalue weighted by molar-refractivity contribution is -0.142. The van der Waals surface area contributed by atoms with Crippen molar-refractivity contribution in [3.63, 3.8) is 0 Å². The lowest BCUT2D eigenvalue weighted by Crippen LogP contribution is -2.52. The molecule has 6 heteroatoms. The standard InChI is InChI=1S/C20H23FN2O3/c1-15-6-2-5-9-19(15)26-14-18(24)20(25)23-12-10-22(11-13-23)17-8-4-3-7-16(17)21/h2-9,18,24H,10-14H2,1H3. The van der Waals surface area contributed by atoms with Crippen molar-refractivity contribution in [2.24, 2.45) is 0 Å². The number of hydrogen-bond acceptors (Lipinski definition) is 4. The molecule has 1 unspecified atom stereocenters. The third-order valence-electron chi connectivity index (χ3n) is 4.56. The van der Waals surface area contributed by atoms with Crippen LogP contribution >= 0.6 is 0 Å². The molecule has 1 amide bonds. The molecule has 1 aliphatic rings. The summed E-state index contributed by atoms with van der Waals surface area (Å²) in [4.78, 5) is 15.9. The first kappa shape index (κ1) is 18.2. The molecule has 3 rings (SSSR count). The maximum absolute atomic E-state index is 13.9. The molecule has 26 heavy (non-hydrogen) atoms. The zero-order valence-corrected chi connectivity index (χ0v) is 14.8. The second-order valence-electron chi connectivity index (χ2n) is 6.36. The fourth-order valence-corrected chi connectivity index (χ4v) is 3.05. The summed E-state index contributed by atoms with van der Waals surface area (Å²) in [5, 5.41) is 10.2. The molecule has 1 atom stereocenters. The van der Waals surface area contributed by atoms with E-state index in [-0.39, 0.29) is 18.3 Å². The van der Waals surface area contributed by atoms with E-state index in [9.17, 15) is 14.3 Å². The molecule has 138 valence electrons. The second-order valence-corrected chi connectivity index (χ2v) is 6.36. The van der Waals surface area contributed by atoms with Crippen molar-refractivity contribution in [3.05, 3.63) is 59.9 Å². The molecule has 0 bridgehead atoms. The van der Waals surface area contributed by atoms with Crippen molar-refractivity contribution >= 4 is 11.6 Å². The average molecular weight is 358 g/mol. The van der Waals surface area contributed by atoms with Gasteiger partial charge in [-0.2, -0.15) is 0 Å². The van der Waals surface area contributed by atoms with Gasteiger partial charge in [-0.05, 0) is 30.7 Å². The third-order valence-corrected chi connectivity index (χ3v) is 4.56. The molecule has 2 aromatic rings. The first-order chi connectivity index (χ1) is 12.6. The van der Waals surface area contributed by atoms with E-state index in [4.69, 9.17) is 4.74 Å². The first-order valence-corrected chi connectivity index (χ1v) is 8.71. The molecule has 1 heterocycles. The summed E-state index contributed by atoms with van der Waals surface area (Å²) in [6.07, 6.45) is -1.21. The van der Waals surface area contributed by atoms with Crippen LogP contribution in [0.25, 0.3) is 0 Å². The van der Waals surface area contributed by atoms with Crippen molar-refractivity contribution in [1.82, 2.24) is 4.90 Å². The van der Waals surface area contributed by atoms with Crippen LogP contribution in [0.4, 0.5) is 10.1 Å². The summed E-state index contributed by atoms with van der Waals surface area (Å²) in [5.74, 6) is 0.0365. The Morgan fingerprint density at radius 1 is 1.12 bits per heavy atom. The first-order valence-electron chi connectivity index (χ1n) is 8.71. The van der Waals surface area contributed by atoms with Crippen molar-refractivity contribution in [1.29, 1.82) is 0 Å². The summed E-state index contributed by atoms with van der Waals surface area (Å²) in [5.41, 5.74) is 1.49. The predicted octanol–water partition coefficient (Wildman–Crippen LogP) is 2.22. The number of para-hydroxylation sites is 2. The zero-order valence-electron chi connectivity index (χ0n) is 14.8. The van der Waals surface area contributed by atoms with Gasteiger partial charge >= 0.3 is 0 Å². The Labute approximate surface area is 152 Å². The van der Waals surface area contributed by atoms with Crippen LogP contribution in [-0.4, -0.2) is 54.8 Å². The average Bonchev–Trinajstić information content (AvgIpc) is 2.67. The number of halogens is 1. The number of aryl methyl sites for hydroxylation is 1. The van der Waals surface area contributed by atoms with Crippen LogP contribution in [0.5, 0.6) is 5.75 Å². The van der Waals surface area contributed by atoms with Crippen LogP contribution in [0.15, 0.2) is 48.5 Å². The van der Waals surface area contributed by atoms with Crippen LogP contribution in [0.2, 0.25) is 0 Å². The number of piperazine rings is 1. The van der Waals surface area contributed by atoms with Crippen molar-refractivity contribution < 1.29 is 19.0 Å². The zero-order chi connectivity index (χ0) is 18.5. The van der Waals surface area contributed by atoms with Gasteiger partial charge in [0.15, 0.2) is 6.10 Å². The van der Waals surface area contributed by atoms with Crippen molar-refractivity contribution in [3.8, 4) is 5.75 Å². The Hall–Kier alpha value is -2.60. The highest BCUT2D eigenvalue weighted by molar-refractivity contribution is 5.81. The number of amides is 1. The fourth-order valence-electron chi connectivity index (χ4n) is 3.05. The van der Waals surface area contributed by atoms with Gasteiger partial charge in [0, 0.05) is 26.2 Å². The van der Waals surface area contributed by atoms with Crippen LogP contribution in [0.3, 0.4) is 0 Å². The van der Waals surface area contributed by atoms with E-state index in [1.807, 2.05) is 30.0 Å². The molecule has 0 saturated carbocycles. The van der Waals surface area contributed by atoms with Crippen molar-refractivity contribution in [2.45, 2.75) is 13.0 Å². The number of aliphatic hydroxyl groups is 1. The van der Waals surface area contributed by atoms with E-state index in [1.165, 1.54) is 6.07 Å². The minimum absolute atomic E-state index is 0.0861. The van der Waals surface area contributed by atoms with Crippen LogP contribution in [-0.2, 0) is 4.79 Å². The topological polar surface area (TPSA) is 53.0 Å². The predicted molar refractivity (Wildman–Crippen MR) is 97.9 cm³/mol. The van der Waals surface area contributed by atoms with Crippen molar-refractivity contribution in [2.75, 3.05) is 37.7 Å². The summed E-state index contributed by atoms with van der Waals surface area (Å²) in [6, 6.07) is 14.1. The highest BCUT2D eigenvalue weighted by Gasteiger charge is 2.27. The minimum Gasteiger partial charge on any atom is -0.490 e. The Kier molecular flexibility index (Phi) is 5.73. The lowest BCUT2D eigenvalue weighted by atomic mass is 10.2. The van der Waals surface area contributed by atoms with Gasteiger partial charge in [-0.1, -0.05) is 30.3 Å². The Morgan fingerprint density at radius 2 is 1.77 bits per heavy atom. The quantitative estimate of drug-likeness (QED) is 0.891. The highest BCUT2D eigenvalue weighted by Crippen LogP contribution is 2.20. The molecular formula is C20H23FN2O3. The van der Waals surface area contributed by atoms with Gasteiger partial charge in [0.05, 0.1) is 5.69 Å². The Balaban J connectivity index is 1.51. The summed E-state index contributed by atoms with van der Waals surface area (Å²) in [6.45, 7) is 3.75. The molecule has 0 aliphatic carbocycles. The summed E-state index contributed by atoms with van der Waals surface area (Å²) >= 11 is 0. The Bertz CT molecular complexity index is 760. The summed E-state index contributed by atoms with van der Waals surface area (Å²) < 4.78 is 19.4. The molecule has 5 nitrogen and oxygen atoms in total. The number of rotatable bonds is 5. The number of carbonyl (C=O) groups excluding carboxylic acids is 1. The number of benzene rings is 2. The number of anilines is 1. The molecular weight excluding hydrogens is 335 g/mol. The largest absolute Gasteiger partial charge is 0.490 e. The molecule has 1 N–H and O–H groups in total. The maximum atomic E-state index is 13.9. The van der Waals surface area contributed by atoms with Gasteiger partial charge in [0.1, 0.15) is 18.2 Å². The maximum Gasteiger partial charge on any atom is 0.255 e. The monoisotopic (exact) mass is 358 g/mol. The molecule has 0 radical (unpaired) electrons. The third kappa shape index (κ3) is 4.14. The Morgan fingerprint density at radius 3 is 2.46 bits per heavy atom. The van der Waals surface area contributed by atoms with Gasteiger partial charge in [-0.15, -0.1) is 0 Å². The van der Waals surface area contributed by atoms with E-state index in [1.54, 1.807) is 29.2 Å². The number of nitrogens with zero attached hydrogens (tertiary/aromatic N) is 2. The van der Waals surface area contributed by atoms with Gasteiger partial charge in [0.2, 0.25) is 0 Å². The second kappa shape index (κ2) is 8.19. The highest BCUT2D eigenvalue weighted by atomic mass is 19.1. The van der Waals surface area contributed by atoms with Gasteiger partial charge in [-0.25, -0.2) is 4.39 Å². The number of aliphatic hydroxyl groups excluding tert-OH is 1. The fraction of sp³-hybridized carbons (Fsp3) is 0.350. The van der Waals surface area contributed by atoms with E-state index in [2.05, 4.69) is 0 Å². The normalized spacial score (nSPS) is 15.7. The van der Waals surface area contributed by atoms with E-state index in [0.29, 0.717) is 37.6 Å². The van der Waals surface area contributed by atoms with Gasteiger partial charge in [0.25, 0.3) is 5.91 Å². The minimum atomic E-state index is -1.21. The SMILES string of the molecule is Cc1ccccc1OCC(O)C(=O)N1CCN(c2ccccc2F)CC1. The molecule has 0 spiro atoms. The van der Waals surface area contributed by atoms with Crippen LogP contribution in [0, 0.1) is 12.7 Å². The van der Waals surface area contributed by atoms with Gasteiger partial charge < -0.3 is 19.6 Å². The van der Waals surface area contributed by atoms with Crippen LogP contribution in [0.1, 0.15) is 5.56 Å². The summed E-state index contributed by atoms with van der Waals surface area (Å²) in [7, 11) is 0. The smallest absolute Gasteiger partial charge is 0.255 e.